The lowest BCUT2D eigenvalue weighted by atomic mass is 9.93. The molecule has 0 bridgehead atoms. The summed E-state index contributed by atoms with van der Waals surface area (Å²) >= 11 is 4.37. The lowest BCUT2D eigenvalue weighted by Gasteiger charge is -2.35. The van der Waals surface area contributed by atoms with Gasteiger partial charge in [-0.05, 0) is 76.3 Å². The molecule has 8 heteroatoms. The Balaban J connectivity index is 2.56. The van der Waals surface area contributed by atoms with Gasteiger partial charge in [0.1, 0.15) is 17.7 Å². The first kappa shape index (κ1) is 31.2. The van der Waals surface area contributed by atoms with Gasteiger partial charge >= 0.3 is 6.09 Å². The second kappa shape index (κ2) is 14.2. The fraction of sp³-hybridized carbons (Fsp3) is 0.500. The summed E-state index contributed by atoms with van der Waals surface area (Å²) in [4.78, 5) is 42.2. The Labute approximate surface area is 233 Å². The van der Waals surface area contributed by atoms with Crippen LogP contribution in [-0.2, 0) is 14.3 Å². The predicted octanol–water partition coefficient (Wildman–Crippen LogP) is 6.13. The molecule has 0 saturated carbocycles. The zero-order valence-corrected chi connectivity index (χ0v) is 24.7. The van der Waals surface area contributed by atoms with Crippen molar-refractivity contribution in [2.24, 2.45) is 0 Å². The van der Waals surface area contributed by atoms with Crippen LogP contribution in [0.4, 0.5) is 10.5 Å². The molecule has 2 aromatic carbocycles. The SMILES string of the molecule is CCCCCN(C(=O)C(CS)NC(=O)OC(C)(C)C)C(C(=O)Nc1ccccc1C)c1c(C)cccc1C. The molecule has 0 spiro atoms. The minimum Gasteiger partial charge on any atom is -0.444 e. The largest absolute Gasteiger partial charge is 0.444 e. The van der Waals surface area contributed by atoms with E-state index < -0.39 is 23.8 Å². The summed E-state index contributed by atoms with van der Waals surface area (Å²) in [5.41, 5.74) is 3.48. The number of anilines is 1. The normalized spacial score (nSPS) is 12.8. The first-order valence-corrected chi connectivity index (χ1v) is 13.9. The molecule has 0 fully saturated rings. The van der Waals surface area contributed by atoms with Crippen LogP contribution in [0.3, 0.4) is 0 Å². The van der Waals surface area contributed by atoms with Crippen LogP contribution in [0.5, 0.6) is 0 Å². The second-order valence-electron chi connectivity index (χ2n) is 10.6. The number of unbranched alkanes of at least 4 members (excludes halogenated alkanes) is 2. The number of hydrogen-bond donors (Lipinski definition) is 3. The molecule has 0 aromatic heterocycles. The molecular formula is C30H43N3O4S. The molecular weight excluding hydrogens is 498 g/mol. The van der Waals surface area contributed by atoms with Crippen molar-refractivity contribution in [1.29, 1.82) is 0 Å². The number of hydrogen-bond acceptors (Lipinski definition) is 5. The molecule has 0 aliphatic carbocycles. The van der Waals surface area contributed by atoms with Crippen LogP contribution in [0.1, 0.15) is 75.3 Å². The number of rotatable bonds is 11. The van der Waals surface area contributed by atoms with Crippen molar-refractivity contribution < 1.29 is 19.1 Å². The maximum Gasteiger partial charge on any atom is 0.408 e. The van der Waals surface area contributed by atoms with E-state index in [0.29, 0.717) is 18.7 Å². The Morgan fingerprint density at radius 3 is 2.11 bits per heavy atom. The molecule has 3 amide bonds. The third-order valence-corrected chi connectivity index (χ3v) is 6.60. The topological polar surface area (TPSA) is 87.7 Å². The van der Waals surface area contributed by atoms with Crippen molar-refractivity contribution in [2.75, 3.05) is 17.6 Å². The van der Waals surface area contributed by atoms with E-state index in [1.165, 1.54) is 0 Å². The van der Waals surface area contributed by atoms with Gasteiger partial charge in [0.25, 0.3) is 5.91 Å². The summed E-state index contributed by atoms with van der Waals surface area (Å²) in [6.45, 7) is 13.5. The summed E-state index contributed by atoms with van der Waals surface area (Å²) in [7, 11) is 0. The van der Waals surface area contributed by atoms with Gasteiger partial charge in [-0.1, -0.05) is 56.2 Å². The summed E-state index contributed by atoms with van der Waals surface area (Å²) in [6.07, 6.45) is 1.87. The van der Waals surface area contributed by atoms with Gasteiger partial charge in [0.05, 0.1) is 0 Å². The van der Waals surface area contributed by atoms with Crippen LogP contribution in [0.2, 0.25) is 0 Å². The number of thiol groups is 1. The van der Waals surface area contributed by atoms with Crippen LogP contribution in [0.25, 0.3) is 0 Å². The molecule has 2 unspecified atom stereocenters. The van der Waals surface area contributed by atoms with Gasteiger partial charge in [-0.15, -0.1) is 0 Å². The highest BCUT2D eigenvalue weighted by Crippen LogP contribution is 2.30. The molecule has 38 heavy (non-hydrogen) atoms. The fourth-order valence-electron chi connectivity index (χ4n) is 4.34. The third kappa shape index (κ3) is 8.79. The Morgan fingerprint density at radius 1 is 0.947 bits per heavy atom. The number of para-hydroxylation sites is 1. The number of benzene rings is 2. The molecule has 2 aromatic rings. The van der Waals surface area contributed by atoms with E-state index >= 15 is 0 Å². The molecule has 0 aliphatic rings. The van der Waals surface area contributed by atoms with Gasteiger partial charge in [0.2, 0.25) is 5.91 Å². The van der Waals surface area contributed by atoms with E-state index in [9.17, 15) is 14.4 Å². The standard InChI is InChI=1S/C30H43N3O4S/c1-8-9-12-18-33(28(35)24(19-38)32-29(36)37-30(5,6)7)26(25-21(3)15-13-16-22(25)4)27(34)31-23-17-11-10-14-20(23)2/h10-11,13-17,24,26,38H,8-9,12,18-19H2,1-7H3,(H,31,34)(H,32,36). The first-order valence-electron chi connectivity index (χ1n) is 13.2. The molecule has 208 valence electrons. The summed E-state index contributed by atoms with van der Waals surface area (Å²) in [6, 6.07) is 11.5. The Morgan fingerprint density at radius 2 is 1.55 bits per heavy atom. The van der Waals surface area contributed by atoms with Crippen LogP contribution in [-0.4, -0.2) is 46.7 Å². The van der Waals surface area contributed by atoms with Crippen molar-refractivity contribution in [3.63, 3.8) is 0 Å². The Hall–Kier alpha value is -3.00. The average Bonchev–Trinajstić information content (AvgIpc) is 2.83. The highest BCUT2D eigenvalue weighted by molar-refractivity contribution is 7.80. The van der Waals surface area contributed by atoms with Gasteiger partial charge in [0.15, 0.2) is 0 Å². The molecule has 0 saturated heterocycles. The van der Waals surface area contributed by atoms with E-state index in [1.807, 2.05) is 63.2 Å². The number of amides is 3. The van der Waals surface area contributed by atoms with Crippen LogP contribution in [0, 0.1) is 20.8 Å². The number of ether oxygens (including phenoxy) is 1. The van der Waals surface area contributed by atoms with E-state index in [2.05, 4.69) is 30.2 Å². The van der Waals surface area contributed by atoms with Crippen LogP contribution in [0.15, 0.2) is 42.5 Å². The van der Waals surface area contributed by atoms with E-state index in [0.717, 1.165) is 35.1 Å². The second-order valence-corrected chi connectivity index (χ2v) is 11.0. The number of alkyl carbamates (subject to hydrolysis) is 1. The monoisotopic (exact) mass is 541 g/mol. The van der Waals surface area contributed by atoms with Crippen LogP contribution >= 0.6 is 12.6 Å². The number of carbonyl (C=O) groups is 3. The number of carbonyl (C=O) groups excluding carboxylic acids is 3. The molecule has 2 rings (SSSR count). The van der Waals surface area contributed by atoms with Gasteiger partial charge in [-0.2, -0.15) is 12.6 Å². The van der Waals surface area contributed by atoms with Gasteiger partial charge < -0.3 is 20.3 Å². The highest BCUT2D eigenvalue weighted by Gasteiger charge is 2.37. The molecule has 7 nitrogen and oxygen atoms in total. The van der Waals surface area contributed by atoms with Gasteiger partial charge in [-0.25, -0.2) is 4.79 Å². The minimum absolute atomic E-state index is 0.0568. The third-order valence-electron chi connectivity index (χ3n) is 6.24. The predicted molar refractivity (Wildman–Crippen MR) is 157 cm³/mol. The zero-order valence-electron chi connectivity index (χ0n) is 23.8. The molecule has 2 N–H and O–H groups in total. The molecule has 2 atom stereocenters. The fourth-order valence-corrected chi connectivity index (χ4v) is 4.58. The minimum atomic E-state index is -0.965. The number of aryl methyl sites for hydroxylation is 3. The smallest absolute Gasteiger partial charge is 0.408 e. The van der Waals surface area contributed by atoms with Gasteiger partial charge in [-0.3, -0.25) is 9.59 Å². The molecule has 0 radical (unpaired) electrons. The lowest BCUT2D eigenvalue weighted by molar-refractivity contribution is -0.140. The van der Waals surface area contributed by atoms with Crippen LogP contribution < -0.4 is 10.6 Å². The summed E-state index contributed by atoms with van der Waals surface area (Å²) in [5.74, 6) is -0.632. The van der Waals surface area contributed by atoms with Crippen molar-refractivity contribution in [3.8, 4) is 0 Å². The van der Waals surface area contributed by atoms with E-state index in [1.54, 1.807) is 25.7 Å². The quantitative estimate of drug-likeness (QED) is 0.236. The van der Waals surface area contributed by atoms with E-state index in [4.69, 9.17) is 4.74 Å². The van der Waals surface area contributed by atoms with Crippen molar-refractivity contribution in [3.05, 3.63) is 64.7 Å². The Bertz CT molecular complexity index is 1090. The zero-order chi connectivity index (χ0) is 28.5. The van der Waals surface area contributed by atoms with E-state index in [-0.39, 0.29) is 17.6 Å². The maximum atomic E-state index is 14.1. The Kier molecular flexibility index (Phi) is 11.7. The first-order chi connectivity index (χ1) is 17.9. The molecule has 0 heterocycles. The maximum absolute atomic E-state index is 14.1. The average molecular weight is 542 g/mol. The van der Waals surface area contributed by atoms with Crippen molar-refractivity contribution in [1.82, 2.24) is 10.2 Å². The highest BCUT2D eigenvalue weighted by atomic mass is 32.1. The number of nitrogens with zero attached hydrogens (tertiary/aromatic N) is 1. The molecule has 0 aliphatic heterocycles. The lowest BCUT2D eigenvalue weighted by Crippen LogP contribution is -2.53. The van der Waals surface area contributed by atoms with Crippen molar-refractivity contribution >= 4 is 36.2 Å². The summed E-state index contributed by atoms with van der Waals surface area (Å²) < 4.78 is 5.39. The van der Waals surface area contributed by atoms with Gasteiger partial charge in [0, 0.05) is 18.0 Å². The summed E-state index contributed by atoms with van der Waals surface area (Å²) in [5, 5.41) is 5.72. The number of nitrogens with one attached hydrogen (secondary N) is 2. The van der Waals surface area contributed by atoms with Crippen molar-refractivity contribution in [2.45, 2.75) is 85.4 Å².